The molecule has 1 aliphatic carbocycles. The molecule has 1 aromatic heterocycles. The predicted molar refractivity (Wildman–Crippen MR) is 124 cm³/mol. The van der Waals surface area contributed by atoms with Crippen LogP contribution in [0.5, 0.6) is 0 Å². The molecule has 0 unspecified atom stereocenters. The zero-order chi connectivity index (χ0) is 24.2. The van der Waals surface area contributed by atoms with Gasteiger partial charge in [-0.05, 0) is 35.2 Å². The van der Waals surface area contributed by atoms with Crippen LogP contribution in [0.1, 0.15) is 46.6 Å². The van der Waals surface area contributed by atoms with Crippen LogP contribution in [0, 0.1) is 0 Å². The molecule has 3 N–H and O–H groups in total. The number of aliphatic carboxylic acids is 1. The summed E-state index contributed by atoms with van der Waals surface area (Å²) in [6, 6.07) is 17.2. The van der Waals surface area contributed by atoms with Crippen molar-refractivity contribution in [3.8, 4) is 11.1 Å². The minimum absolute atomic E-state index is 0.0314. The van der Waals surface area contributed by atoms with Crippen molar-refractivity contribution in [2.45, 2.75) is 31.8 Å². The normalized spacial score (nSPS) is 13.0. The van der Waals surface area contributed by atoms with Gasteiger partial charge in [0.1, 0.15) is 12.3 Å². The maximum atomic E-state index is 12.4. The van der Waals surface area contributed by atoms with Crippen molar-refractivity contribution in [3.63, 3.8) is 0 Å². The zero-order valence-corrected chi connectivity index (χ0v) is 18.9. The van der Waals surface area contributed by atoms with Gasteiger partial charge in [-0.15, -0.1) is 0 Å². The quantitative estimate of drug-likeness (QED) is 0.473. The molecule has 1 aliphatic rings. The van der Waals surface area contributed by atoms with E-state index in [9.17, 15) is 14.4 Å². The number of carbonyl (C=O) groups excluding carboxylic acids is 2. The number of carboxylic acid groups (broad SMARTS) is 1. The van der Waals surface area contributed by atoms with Crippen LogP contribution < -0.4 is 10.6 Å². The molecule has 3 aromatic rings. The third-order valence-corrected chi connectivity index (χ3v) is 5.78. The number of carbonyl (C=O) groups is 3. The first-order valence-corrected chi connectivity index (χ1v) is 11.0. The van der Waals surface area contributed by atoms with Crippen LogP contribution in [0.15, 0.2) is 54.6 Å². The van der Waals surface area contributed by atoms with Crippen molar-refractivity contribution in [1.29, 1.82) is 0 Å². The fourth-order valence-corrected chi connectivity index (χ4v) is 4.25. The molecule has 0 spiro atoms. The summed E-state index contributed by atoms with van der Waals surface area (Å²) >= 11 is 0. The van der Waals surface area contributed by atoms with E-state index in [1.165, 1.54) is 4.68 Å². The highest BCUT2D eigenvalue weighted by Crippen LogP contribution is 2.44. The largest absolute Gasteiger partial charge is 0.481 e. The van der Waals surface area contributed by atoms with Gasteiger partial charge in [0.2, 0.25) is 0 Å². The lowest BCUT2D eigenvalue weighted by molar-refractivity contribution is -0.137. The second-order valence-electron chi connectivity index (χ2n) is 8.30. The third-order valence-electron chi connectivity index (χ3n) is 5.78. The van der Waals surface area contributed by atoms with Gasteiger partial charge in [-0.3, -0.25) is 14.3 Å². The number of rotatable bonds is 8. The van der Waals surface area contributed by atoms with Crippen LogP contribution >= 0.6 is 0 Å². The van der Waals surface area contributed by atoms with E-state index in [2.05, 4.69) is 40.0 Å². The first kappa shape index (κ1) is 23.0. The van der Waals surface area contributed by atoms with Crippen LogP contribution in [0.3, 0.4) is 0 Å². The van der Waals surface area contributed by atoms with E-state index in [0.29, 0.717) is 5.69 Å². The van der Waals surface area contributed by atoms with Gasteiger partial charge in [0.15, 0.2) is 0 Å². The summed E-state index contributed by atoms with van der Waals surface area (Å²) in [5, 5.41) is 18.4. The second kappa shape index (κ2) is 9.78. The van der Waals surface area contributed by atoms with Gasteiger partial charge < -0.3 is 20.5 Å². The van der Waals surface area contributed by atoms with Crippen molar-refractivity contribution in [2.75, 3.05) is 6.61 Å². The van der Waals surface area contributed by atoms with E-state index in [1.807, 2.05) is 24.3 Å². The van der Waals surface area contributed by atoms with Gasteiger partial charge in [-0.2, -0.15) is 5.10 Å². The first-order chi connectivity index (χ1) is 16.3. The number of carboxylic acids is 1. The zero-order valence-electron chi connectivity index (χ0n) is 18.9. The van der Waals surface area contributed by atoms with Crippen molar-refractivity contribution in [1.82, 2.24) is 20.4 Å². The standard InChI is InChI=1S/C25H26N4O5/c1-15(11-23(30)31)27-24(32)22-12-16(28-29(22)2)13-26-25(33)34-14-21-19-9-5-3-7-17(19)18-8-4-6-10-20(18)21/h3-10,12,15,21H,11,13-14H2,1-2H3,(H,26,33)(H,27,32)(H,30,31)/t15-/m0/s1. The summed E-state index contributed by atoms with van der Waals surface area (Å²) in [5.41, 5.74) is 5.32. The number of amides is 2. The predicted octanol–water partition coefficient (Wildman–Crippen LogP) is 3.05. The van der Waals surface area contributed by atoms with Crippen LogP contribution in [0.4, 0.5) is 4.79 Å². The van der Waals surface area contributed by atoms with Gasteiger partial charge in [-0.1, -0.05) is 48.5 Å². The number of nitrogens with zero attached hydrogens (tertiary/aromatic N) is 2. The molecular weight excluding hydrogens is 436 g/mol. The lowest BCUT2D eigenvalue weighted by Gasteiger charge is -2.14. The molecule has 0 saturated carbocycles. The van der Waals surface area contributed by atoms with Crippen molar-refractivity contribution in [2.24, 2.45) is 7.05 Å². The minimum atomic E-state index is -0.995. The Hall–Kier alpha value is -4.14. The molecule has 0 saturated heterocycles. The SMILES string of the molecule is C[C@@H](CC(=O)O)NC(=O)c1cc(CNC(=O)OCC2c3ccccc3-c3ccccc32)nn1C. The molecule has 9 heteroatoms. The first-order valence-electron chi connectivity index (χ1n) is 11.0. The highest BCUT2D eigenvalue weighted by atomic mass is 16.5. The molecule has 176 valence electrons. The minimum Gasteiger partial charge on any atom is -0.481 e. The Balaban J connectivity index is 1.33. The summed E-state index contributed by atoms with van der Waals surface area (Å²) in [4.78, 5) is 35.5. The number of hydrogen-bond donors (Lipinski definition) is 3. The molecule has 1 heterocycles. The number of ether oxygens (including phenoxy) is 1. The summed E-state index contributed by atoms with van der Waals surface area (Å²) < 4.78 is 6.90. The maximum Gasteiger partial charge on any atom is 0.407 e. The number of hydrogen-bond acceptors (Lipinski definition) is 5. The Kier molecular flexibility index (Phi) is 6.62. The molecule has 0 radical (unpaired) electrons. The molecule has 0 bridgehead atoms. The average Bonchev–Trinajstić information content (AvgIpc) is 3.33. The van der Waals surface area contributed by atoms with Gasteiger partial charge in [-0.25, -0.2) is 4.79 Å². The molecule has 9 nitrogen and oxygen atoms in total. The molecule has 2 aromatic carbocycles. The monoisotopic (exact) mass is 462 g/mol. The Labute approximate surface area is 196 Å². The molecular formula is C25H26N4O5. The highest BCUT2D eigenvalue weighted by molar-refractivity contribution is 5.93. The topological polar surface area (TPSA) is 123 Å². The number of fused-ring (bicyclic) bond motifs is 3. The average molecular weight is 463 g/mol. The summed E-state index contributed by atoms with van der Waals surface area (Å²) in [5.74, 6) is -1.46. The number of aromatic nitrogens is 2. The second-order valence-corrected chi connectivity index (χ2v) is 8.30. The fraction of sp³-hybridized carbons (Fsp3) is 0.280. The van der Waals surface area contributed by atoms with Crippen molar-refractivity contribution in [3.05, 3.63) is 77.1 Å². The van der Waals surface area contributed by atoms with Crippen LogP contribution in [0.25, 0.3) is 11.1 Å². The number of nitrogens with one attached hydrogen (secondary N) is 2. The summed E-state index contributed by atoms with van der Waals surface area (Å²) in [6.45, 7) is 1.90. The molecule has 4 rings (SSSR count). The van der Waals surface area contributed by atoms with Gasteiger partial charge in [0.05, 0.1) is 18.7 Å². The lowest BCUT2D eigenvalue weighted by atomic mass is 9.98. The van der Waals surface area contributed by atoms with E-state index >= 15 is 0 Å². The van der Waals surface area contributed by atoms with Crippen LogP contribution in [-0.2, 0) is 23.1 Å². The van der Waals surface area contributed by atoms with Gasteiger partial charge >= 0.3 is 12.1 Å². The van der Waals surface area contributed by atoms with E-state index in [-0.39, 0.29) is 31.2 Å². The van der Waals surface area contributed by atoms with Gasteiger partial charge in [0.25, 0.3) is 5.91 Å². The number of aryl methyl sites for hydroxylation is 1. The number of alkyl carbamates (subject to hydrolysis) is 1. The highest BCUT2D eigenvalue weighted by Gasteiger charge is 2.29. The lowest BCUT2D eigenvalue weighted by Crippen LogP contribution is -2.35. The molecule has 1 atom stereocenters. The van der Waals surface area contributed by atoms with Crippen LogP contribution in [-0.4, -0.2) is 45.5 Å². The summed E-state index contributed by atoms with van der Waals surface area (Å²) in [7, 11) is 1.60. The molecule has 34 heavy (non-hydrogen) atoms. The van der Waals surface area contributed by atoms with Crippen molar-refractivity contribution >= 4 is 18.0 Å². The van der Waals surface area contributed by atoms with E-state index < -0.39 is 24.0 Å². The maximum absolute atomic E-state index is 12.4. The number of benzene rings is 2. The molecule has 0 fully saturated rings. The Bertz CT molecular complexity index is 1190. The smallest absolute Gasteiger partial charge is 0.407 e. The summed E-state index contributed by atoms with van der Waals surface area (Å²) in [6.07, 6.45) is -0.756. The van der Waals surface area contributed by atoms with Crippen molar-refractivity contribution < 1.29 is 24.2 Å². The third kappa shape index (κ3) is 4.93. The van der Waals surface area contributed by atoms with Crippen LogP contribution in [0.2, 0.25) is 0 Å². The van der Waals surface area contributed by atoms with E-state index in [0.717, 1.165) is 22.3 Å². The Morgan fingerprint density at radius 2 is 1.71 bits per heavy atom. The Morgan fingerprint density at radius 3 is 2.32 bits per heavy atom. The van der Waals surface area contributed by atoms with E-state index in [4.69, 9.17) is 9.84 Å². The fourth-order valence-electron chi connectivity index (χ4n) is 4.25. The molecule has 0 aliphatic heterocycles. The molecule has 2 amide bonds. The van der Waals surface area contributed by atoms with Gasteiger partial charge in [0, 0.05) is 19.0 Å². The Morgan fingerprint density at radius 1 is 1.09 bits per heavy atom. The van der Waals surface area contributed by atoms with E-state index in [1.54, 1.807) is 20.0 Å².